The van der Waals surface area contributed by atoms with Gasteiger partial charge in [-0.2, -0.15) is 20.5 Å². The van der Waals surface area contributed by atoms with Crippen LogP contribution in [0.25, 0.3) is 0 Å². The Labute approximate surface area is 153 Å². The molecule has 25 heavy (non-hydrogen) atoms. The molecule has 10 heteroatoms. The molecule has 136 valence electrons. The first-order valence-corrected chi connectivity index (χ1v) is 10.3. The third kappa shape index (κ3) is 4.65. The predicted octanol–water partition coefficient (Wildman–Crippen LogP) is 5.39. The molecule has 2 rings (SSSR count). The van der Waals surface area contributed by atoms with Gasteiger partial charge in [0.1, 0.15) is 11.6 Å². The Hall–Kier alpha value is -0.860. The summed E-state index contributed by atoms with van der Waals surface area (Å²) < 4.78 is 65.3. The SMILES string of the molecule is O=P(O)(O)C(F)(F)c1ccc(CSCc2c(F)cccc2F)cc1Br. The van der Waals surface area contributed by atoms with E-state index in [9.17, 15) is 22.1 Å². The number of hydrogen-bond donors (Lipinski definition) is 2. The summed E-state index contributed by atoms with van der Waals surface area (Å²) in [5, 5.41) is 0. The second-order valence-corrected chi connectivity index (χ2v) is 8.58. The van der Waals surface area contributed by atoms with E-state index in [1.54, 1.807) is 0 Å². The predicted molar refractivity (Wildman–Crippen MR) is 91.4 cm³/mol. The highest BCUT2D eigenvalue weighted by Crippen LogP contribution is 2.60. The van der Waals surface area contributed by atoms with E-state index in [1.165, 1.54) is 30.0 Å². The van der Waals surface area contributed by atoms with Gasteiger partial charge in [0.25, 0.3) is 0 Å². The van der Waals surface area contributed by atoms with Crippen molar-refractivity contribution in [1.29, 1.82) is 0 Å². The molecule has 3 nitrogen and oxygen atoms in total. The molecule has 2 aromatic carbocycles. The van der Waals surface area contributed by atoms with Crippen molar-refractivity contribution in [3.05, 3.63) is 69.2 Å². The van der Waals surface area contributed by atoms with Crippen molar-refractivity contribution < 1.29 is 31.9 Å². The minimum Gasteiger partial charge on any atom is -0.320 e. The average molecular weight is 459 g/mol. The van der Waals surface area contributed by atoms with Crippen LogP contribution in [0.1, 0.15) is 16.7 Å². The average Bonchev–Trinajstić information content (AvgIpc) is 2.49. The summed E-state index contributed by atoms with van der Waals surface area (Å²) in [6, 6.07) is 7.06. The smallest absolute Gasteiger partial charge is 0.320 e. The summed E-state index contributed by atoms with van der Waals surface area (Å²) in [6.07, 6.45) is 0. The lowest BCUT2D eigenvalue weighted by molar-refractivity contribution is 0.0557. The number of halogens is 5. The van der Waals surface area contributed by atoms with E-state index in [2.05, 4.69) is 15.9 Å². The maximum absolute atomic E-state index is 13.7. The van der Waals surface area contributed by atoms with Crippen LogP contribution in [0.4, 0.5) is 17.6 Å². The van der Waals surface area contributed by atoms with Crippen molar-refractivity contribution >= 4 is 35.3 Å². The summed E-state index contributed by atoms with van der Waals surface area (Å²) in [5.41, 5.74) is -4.65. The van der Waals surface area contributed by atoms with Crippen molar-refractivity contribution in [2.75, 3.05) is 0 Å². The fourth-order valence-electron chi connectivity index (χ4n) is 1.99. The summed E-state index contributed by atoms with van der Waals surface area (Å²) in [5.74, 6) is -0.999. The fraction of sp³-hybridized carbons (Fsp3) is 0.200. The lowest BCUT2D eigenvalue weighted by Gasteiger charge is -2.19. The van der Waals surface area contributed by atoms with Crippen molar-refractivity contribution in [2.45, 2.75) is 17.2 Å². The van der Waals surface area contributed by atoms with Crippen molar-refractivity contribution in [1.82, 2.24) is 0 Å². The second kappa shape index (κ2) is 7.80. The largest absolute Gasteiger partial charge is 0.399 e. The van der Waals surface area contributed by atoms with Gasteiger partial charge in [-0.15, -0.1) is 0 Å². The van der Waals surface area contributed by atoms with E-state index in [-0.39, 0.29) is 21.5 Å². The lowest BCUT2D eigenvalue weighted by Crippen LogP contribution is -2.14. The van der Waals surface area contributed by atoms with E-state index in [0.717, 1.165) is 18.2 Å². The molecule has 0 aliphatic rings. The molecule has 0 amide bonds. The highest BCUT2D eigenvalue weighted by molar-refractivity contribution is 9.10. The molecule has 0 bridgehead atoms. The van der Waals surface area contributed by atoms with Gasteiger partial charge in [0.05, 0.1) is 0 Å². The lowest BCUT2D eigenvalue weighted by atomic mass is 10.1. The molecule has 0 radical (unpaired) electrons. The number of benzene rings is 2. The van der Waals surface area contributed by atoms with Crippen LogP contribution in [-0.4, -0.2) is 9.79 Å². The van der Waals surface area contributed by atoms with E-state index in [4.69, 9.17) is 9.79 Å². The number of hydrogen-bond acceptors (Lipinski definition) is 2. The number of thioether (sulfide) groups is 1. The normalized spacial score (nSPS) is 12.4. The van der Waals surface area contributed by atoms with Gasteiger partial charge in [-0.25, -0.2) is 8.78 Å². The Bertz CT molecular complexity index is 808. The van der Waals surface area contributed by atoms with Crippen LogP contribution in [-0.2, 0) is 21.7 Å². The van der Waals surface area contributed by atoms with Crippen LogP contribution >= 0.6 is 35.3 Å². The van der Waals surface area contributed by atoms with E-state index >= 15 is 0 Å². The van der Waals surface area contributed by atoms with Gasteiger partial charge in [-0.05, 0) is 23.8 Å². The number of rotatable bonds is 6. The van der Waals surface area contributed by atoms with E-state index < -0.39 is 30.5 Å². The van der Waals surface area contributed by atoms with Gasteiger partial charge in [0.15, 0.2) is 0 Å². The molecule has 0 aromatic heterocycles. The fourth-order valence-corrected chi connectivity index (χ4v) is 4.32. The van der Waals surface area contributed by atoms with Crippen LogP contribution in [0.5, 0.6) is 0 Å². The molecule has 0 aliphatic carbocycles. The van der Waals surface area contributed by atoms with Crippen molar-refractivity contribution in [3.63, 3.8) is 0 Å². The highest BCUT2D eigenvalue weighted by Gasteiger charge is 2.51. The molecule has 0 unspecified atom stereocenters. The highest BCUT2D eigenvalue weighted by atomic mass is 79.9. The molecule has 2 N–H and O–H groups in total. The Morgan fingerprint density at radius 2 is 1.68 bits per heavy atom. The molecular weight excluding hydrogens is 447 g/mol. The summed E-state index contributed by atoms with van der Waals surface area (Å²) in [4.78, 5) is 17.6. The van der Waals surface area contributed by atoms with Gasteiger partial charge >= 0.3 is 13.3 Å². The Balaban J connectivity index is 2.10. The van der Waals surface area contributed by atoms with Gasteiger partial charge in [-0.1, -0.05) is 34.1 Å². The maximum atomic E-state index is 13.7. The molecule has 0 heterocycles. The zero-order valence-corrected chi connectivity index (χ0v) is 15.7. The van der Waals surface area contributed by atoms with Gasteiger partial charge in [0, 0.05) is 27.1 Å². The Morgan fingerprint density at radius 3 is 2.20 bits per heavy atom. The molecule has 0 saturated heterocycles. The van der Waals surface area contributed by atoms with Crippen LogP contribution in [0, 0.1) is 11.6 Å². The molecule has 0 atom stereocenters. The van der Waals surface area contributed by atoms with Crippen LogP contribution < -0.4 is 0 Å². The summed E-state index contributed by atoms with van der Waals surface area (Å²) in [6.45, 7) is 0. The second-order valence-electron chi connectivity index (χ2n) is 5.09. The molecule has 0 saturated carbocycles. The molecule has 2 aromatic rings. The van der Waals surface area contributed by atoms with Crippen LogP contribution in [0.2, 0.25) is 0 Å². The maximum Gasteiger partial charge on any atom is 0.399 e. The first-order valence-electron chi connectivity index (χ1n) is 6.77. The molecular formula is C15H12BrF4O3PS. The van der Waals surface area contributed by atoms with Crippen LogP contribution in [0.15, 0.2) is 40.9 Å². The zero-order chi connectivity index (χ0) is 18.8. The first-order chi connectivity index (χ1) is 11.5. The van der Waals surface area contributed by atoms with E-state index in [0.29, 0.717) is 5.56 Å². The van der Waals surface area contributed by atoms with Crippen molar-refractivity contribution in [3.8, 4) is 0 Å². The van der Waals surface area contributed by atoms with Gasteiger partial charge in [0.2, 0.25) is 0 Å². The molecule has 0 spiro atoms. The minimum absolute atomic E-state index is 0.0521. The summed E-state index contributed by atoms with van der Waals surface area (Å²) in [7, 11) is -5.66. The van der Waals surface area contributed by atoms with Gasteiger partial charge < -0.3 is 9.79 Å². The van der Waals surface area contributed by atoms with Crippen molar-refractivity contribution in [2.24, 2.45) is 0 Å². The first kappa shape index (κ1) is 20.5. The van der Waals surface area contributed by atoms with Crippen LogP contribution in [0.3, 0.4) is 0 Å². The topological polar surface area (TPSA) is 57.5 Å². The zero-order valence-electron chi connectivity index (χ0n) is 12.4. The third-order valence-electron chi connectivity index (χ3n) is 3.30. The molecule has 0 aliphatic heterocycles. The summed E-state index contributed by atoms with van der Waals surface area (Å²) >= 11 is 4.06. The Kier molecular flexibility index (Phi) is 6.38. The Morgan fingerprint density at radius 1 is 1.08 bits per heavy atom. The standard InChI is InChI=1S/C15H12BrF4O3PS/c16-12-6-9(4-5-11(12)15(19,20)24(21,22)23)7-25-8-10-13(17)2-1-3-14(10)18/h1-6H,7-8H2,(H2,21,22,23). The van der Waals surface area contributed by atoms with E-state index in [1.807, 2.05) is 0 Å². The quantitative estimate of drug-likeness (QED) is 0.450. The third-order valence-corrected chi connectivity index (χ3v) is 5.96. The number of alkyl halides is 2. The monoisotopic (exact) mass is 458 g/mol. The molecule has 0 fully saturated rings. The minimum atomic E-state index is -5.66. The van der Waals surface area contributed by atoms with Gasteiger partial charge in [-0.3, -0.25) is 4.57 Å².